The van der Waals surface area contributed by atoms with Gasteiger partial charge in [-0.15, -0.1) is 6.42 Å². The van der Waals surface area contributed by atoms with E-state index in [-0.39, 0.29) is 18.1 Å². The molecule has 1 aliphatic heterocycles. The van der Waals surface area contributed by atoms with Crippen molar-refractivity contribution in [3.05, 3.63) is 82.7 Å². The van der Waals surface area contributed by atoms with E-state index in [4.69, 9.17) is 16.2 Å². The fourth-order valence-electron chi connectivity index (χ4n) is 3.52. The lowest BCUT2D eigenvalue weighted by molar-refractivity contribution is 0.0518. The summed E-state index contributed by atoms with van der Waals surface area (Å²) in [6.07, 6.45) is 7.15. The molecule has 3 aromatic rings. The van der Waals surface area contributed by atoms with Gasteiger partial charge in [-0.1, -0.05) is 18.1 Å². The number of carbonyl (C=O) groups excluding carboxylic acids is 1. The van der Waals surface area contributed by atoms with Crippen LogP contribution in [0.2, 0.25) is 0 Å². The summed E-state index contributed by atoms with van der Waals surface area (Å²) in [4.78, 5) is 21.5. The standard InChI is InChI=1S/C23H18FN3O2/c1-4-15-10-11-19-17(12-15)20(16-8-6-7-9-18(16)24)26-14(3)22-21(23(28)29-5-2)25-13-27(19)22/h1,6-14H,5H2,2-3H3/t14-/m0/s1. The van der Waals surface area contributed by atoms with Crippen LogP contribution in [0.3, 0.4) is 0 Å². The van der Waals surface area contributed by atoms with Crippen LogP contribution in [0.15, 0.2) is 53.8 Å². The molecule has 144 valence electrons. The van der Waals surface area contributed by atoms with Crippen LogP contribution in [-0.2, 0) is 4.74 Å². The van der Waals surface area contributed by atoms with Gasteiger partial charge in [-0.3, -0.25) is 9.56 Å². The number of aliphatic imine (C=N–C) groups is 1. The number of halogens is 1. The molecule has 1 aliphatic rings. The van der Waals surface area contributed by atoms with E-state index in [1.165, 1.54) is 6.07 Å². The summed E-state index contributed by atoms with van der Waals surface area (Å²) in [6, 6.07) is 11.4. The number of nitrogens with zero attached hydrogens (tertiary/aromatic N) is 3. The quantitative estimate of drug-likeness (QED) is 0.503. The second kappa shape index (κ2) is 7.36. The van der Waals surface area contributed by atoms with Crippen molar-refractivity contribution in [2.75, 3.05) is 6.61 Å². The number of terminal acetylenes is 1. The molecule has 0 bridgehead atoms. The molecule has 1 atom stereocenters. The zero-order valence-electron chi connectivity index (χ0n) is 16.0. The average Bonchev–Trinajstić information content (AvgIpc) is 3.13. The van der Waals surface area contributed by atoms with Gasteiger partial charge in [-0.2, -0.15) is 0 Å². The normalized spacial score (nSPS) is 14.8. The van der Waals surface area contributed by atoms with E-state index in [0.717, 1.165) is 0 Å². The highest BCUT2D eigenvalue weighted by Crippen LogP contribution is 2.33. The van der Waals surface area contributed by atoms with Crippen LogP contribution in [-0.4, -0.2) is 27.8 Å². The largest absolute Gasteiger partial charge is 0.461 e. The predicted octanol–water partition coefficient (Wildman–Crippen LogP) is 4.08. The van der Waals surface area contributed by atoms with Crippen LogP contribution in [0.5, 0.6) is 0 Å². The van der Waals surface area contributed by atoms with E-state index in [1.807, 2.05) is 13.0 Å². The first-order valence-corrected chi connectivity index (χ1v) is 9.23. The molecular weight excluding hydrogens is 369 g/mol. The van der Waals surface area contributed by atoms with Crippen molar-refractivity contribution >= 4 is 11.7 Å². The Balaban J connectivity index is 2.01. The van der Waals surface area contributed by atoms with E-state index >= 15 is 0 Å². The first kappa shape index (κ1) is 18.6. The van der Waals surface area contributed by atoms with Crippen LogP contribution in [0.4, 0.5) is 4.39 Å². The Morgan fingerprint density at radius 3 is 2.79 bits per heavy atom. The number of benzene rings is 2. The van der Waals surface area contributed by atoms with E-state index in [1.54, 1.807) is 48.1 Å². The Bertz CT molecular complexity index is 1190. The molecule has 0 aliphatic carbocycles. The Labute approximate surface area is 167 Å². The molecule has 29 heavy (non-hydrogen) atoms. The maximum Gasteiger partial charge on any atom is 0.358 e. The van der Waals surface area contributed by atoms with Crippen molar-refractivity contribution in [3.8, 4) is 18.0 Å². The first-order chi connectivity index (χ1) is 14.0. The maximum atomic E-state index is 14.7. The zero-order valence-corrected chi connectivity index (χ0v) is 16.0. The fourth-order valence-corrected chi connectivity index (χ4v) is 3.52. The molecule has 0 amide bonds. The van der Waals surface area contributed by atoms with Crippen molar-refractivity contribution in [1.82, 2.24) is 9.55 Å². The van der Waals surface area contributed by atoms with Gasteiger partial charge in [0.15, 0.2) is 5.69 Å². The molecule has 0 saturated heterocycles. The lowest BCUT2D eigenvalue weighted by Crippen LogP contribution is -2.11. The highest BCUT2D eigenvalue weighted by molar-refractivity contribution is 6.15. The van der Waals surface area contributed by atoms with Crippen molar-refractivity contribution in [1.29, 1.82) is 0 Å². The van der Waals surface area contributed by atoms with Crippen LogP contribution < -0.4 is 0 Å². The van der Waals surface area contributed by atoms with Gasteiger partial charge >= 0.3 is 5.97 Å². The molecule has 0 saturated carbocycles. The molecule has 0 fully saturated rings. The van der Waals surface area contributed by atoms with Gasteiger partial charge in [0, 0.05) is 16.7 Å². The minimum Gasteiger partial charge on any atom is -0.461 e. The fraction of sp³-hybridized carbons (Fsp3) is 0.174. The van der Waals surface area contributed by atoms with Crippen LogP contribution in [0, 0.1) is 18.2 Å². The van der Waals surface area contributed by atoms with Gasteiger partial charge in [-0.05, 0) is 44.2 Å². The number of hydrogen-bond donors (Lipinski definition) is 0. The summed E-state index contributed by atoms with van der Waals surface area (Å²) in [7, 11) is 0. The Morgan fingerprint density at radius 1 is 1.28 bits per heavy atom. The van der Waals surface area contributed by atoms with Crippen molar-refractivity contribution < 1.29 is 13.9 Å². The van der Waals surface area contributed by atoms with Gasteiger partial charge in [0.25, 0.3) is 0 Å². The number of aromatic nitrogens is 2. The average molecular weight is 387 g/mol. The number of esters is 1. The minimum absolute atomic E-state index is 0.199. The third kappa shape index (κ3) is 3.11. The number of fused-ring (bicyclic) bond motifs is 3. The van der Waals surface area contributed by atoms with Crippen molar-refractivity contribution in [2.45, 2.75) is 19.9 Å². The molecule has 5 nitrogen and oxygen atoms in total. The topological polar surface area (TPSA) is 56.5 Å². The Kier molecular flexibility index (Phi) is 4.73. The Hall–Kier alpha value is -3.72. The first-order valence-electron chi connectivity index (χ1n) is 9.23. The van der Waals surface area contributed by atoms with Crippen molar-refractivity contribution in [2.24, 2.45) is 4.99 Å². The number of ether oxygens (including phenoxy) is 1. The Morgan fingerprint density at radius 2 is 2.07 bits per heavy atom. The second-order valence-electron chi connectivity index (χ2n) is 6.58. The molecule has 0 radical (unpaired) electrons. The predicted molar refractivity (Wildman–Crippen MR) is 108 cm³/mol. The summed E-state index contributed by atoms with van der Waals surface area (Å²) in [5, 5.41) is 0. The smallest absolute Gasteiger partial charge is 0.358 e. The van der Waals surface area contributed by atoms with Gasteiger partial charge in [0.05, 0.1) is 29.7 Å². The molecular formula is C23H18FN3O2. The SMILES string of the molecule is C#Cc1ccc2c(c1)C(c1ccccc1F)=N[C@@H](C)c1c(C(=O)OCC)ncn1-2. The zero-order chi connectivity index (χ0) is 20.5. The second-order valence-corrected chi connectivity index (χ2v) is 6.58. The molecule has 0 unspecified atom stereocenters. The highest BCUT2D eigenvalue weighted by Gasteiger charge is 2.29. The minimum atomic E-state index is -0.514. The monoisotopic (exact) mass is 387 g/mol. The third-order valence-corrected chi connectivity index (χ3v) is 4.80. The molecule has 0 spiro atoms. The molecule has 1 aromatic heterocycles. The lowest BCUT2D eigenvalue weighted by atomic mass is 9.98. The molecule has 4 rings (SSSR count). The van der Waals surface area contributed by atoms with E-state index < -0.39 is 12.0 Å². The van der Waals surface area contributed by atoms with E-state index in [0.29, 0.717) is 33.8 Å². The molecule has 6 heteroatoms. The summed E-state index contributed by atoms with van der Waals surface area (Å²) in [5.74, 6) is 1.71. The lowest BCUT2D eigenvalue weighted by Gasteiger charge is -2.13. The summed E-state index contributed by atoms with van der Waals surface area (Å²) < 4.78 is 21.6. The number of hydrogen-bond acceptors (Lipinski definition) is 4. The summed E-state index contributed by atoms with van der Waals surface area (Å²) in [6.45, 7) is 3.82. The van der Waals surface area contributed by atoms with Gasteiger partial charge in [0.1, 0.15) is 12.1 Å². The maximum absolute atomic E-state index is 14.7. The molecule has 2 heterocycles. The summed E-state index contributed by atoms with van der Waals surface area (Å²) >= 11 is 0. The van der Waals surface area contributed by atoms with Gasteiger partial charge in [0.2, 0.25) is 0 Å². The molecule has 0 N–H and O–H groups in total. The number of rotatable bonds is 3. The van der Waals surface area contributed by atoms with Gasteiger partial charge in [-0.25, -0.2) is 14.2 Å². The van der Waals surface area contributed by atoms with Crippen LogP contribution in [0.1, 0.15) is 52.8 Å². The van der Waals surface area contributed by atoms with Crippen LogP contribution in [0.25, 0.3) is 5.69 Å². The third-order valence-electron chi connectivity index (χ3n) is 4.80. The van der Waals surface area contributed by atoms with Crippen LogP contribution >= 0.6 is 0 Å². The van der Waals surface area contributed by atoms with E-state index in [2.05, 4.69) is 10.9 Å². The van der Waals surface area contributed by atoms with E-state index in [9.17, 15) is 9.18 Å². The number of carbonyl (C=O) groups is 1. The summed E-state index contributed by atoms with van der Waals surface area (Å²) in [5.41, 5.74) is 3.66. The number of imidazole rings is 1. The van der Waals surface area contributed by atoms with Gasteiger partial charge < -0.3 is 4.74 Å². The highest BCUT2D eigenvalue weighted by atomic mass is 19.1. The van der Waals surface area contributed by atoms with Crippen molar-refractivity contribution in [3.63, 3.8) is 0 Å². The molecule has 2 aromatic carbocycles.